The van der Waals surface area contributed by atoms with Crippen molar-refractivity contribution >= 4 is 23.5 Å². The third kappa shape index (κ3) is 3.79. The van der Waals surface area contributed by atoms with Gasteiger partial charge >= 0.3 is 0 Å². The van der Waals surface area contributed by atoms with Crippen molar-refractivity contribution in [2.45, 2.75) is 95.8 Å². The number of nitrogens with two attached hydrogens (primary N) is 2. The summed E-state index contributed by atoms with van der Waals surface area (Å²) in [5, 5.41) is 0. The molecule has 2 aliphatic heterocycles. The quantitative estimate of drug-likeness (QED) is 0.750. The van der Waals surface area contributed by atoms with E-state index < -0.39 is 5.66 Å². The van der Waals surface area contributed by atoms with Crippen molar-refractivity contribution in [2.24, 2.45) is 21.5 Å². The molecule has 1 aromatic carbocycles. The average Bonchev–Trinajstić information content (AvgIpc) is 2.67. The highest BCUT2D eigenvalue weighted by atomic mass is 16.2. The number of guanidine groups is 2. The first kappa shape index (κ1) is 21.7. The Balaban J connectivity index is 1.65. The molecule has 1 aliphatic carbocycles. The van der Waals surface area contributed by atoms with Crippen molar-refractivity contribution in [3.8, 4) is 0 Å². The van der Waals surface area contributed by atoms with Gasteiger partial charge in [0.15, 0.2) is 0 Å². The lowest BCUT2D eigenvalue weighted by atomic mass is 9.79. The van der Waals surface area contributed by atoms with Gasteiger partial charge in [0.05, 0.1) is 0 Å². The van der Waals surface area contributed by atoms with Crippen LogP contribution in [0, 0.1) is 0 Å². The molecule has 0 atom stereocenters. The Labute approximate surface area is 185 Å². The zero-order chi connectivity index (χ0) is 22.4. The molecule has 1 saturated heterocycles. The normalized spacial score (nSPS) is 24.5. The van der Waals surface area contributed by atoms with Gasteiger partial charge in [0.25, 0.3) is 5.91 Å². The van der Waals surface area contributed by atoms with Crippen LogP contribution in [0.1, 0.15) is 89.4 Å². The fourth-order valence-electron chi connectivity index (χ4n) is 5.92. The number of carbonyl (C=O) groups is 1. The summed E-state index contributed by atoms with van der Waals surface area (Å²) in [5.74, 6) is 0.694. The molecule has 4 rings (SSSR count). The van der Waals surface area contributed by atoms with Crippen molar-refractivity contribution in [3.63, 3.8) is 0 Å². The van der Waals surface area contributed by atoms with Crippen LogP contribution in [0.3, 0.4) is 0 Å². The van der Waals surface area contributed by atoms with Crippen LogP contribution in [0.4, 0.5) is 5.69 Å². The summed E-state index contributed by atoms with van der Waals surface area (Å²) in [6.07, 6.45) is 8.30. The molecule has 2 fully saturated rings. The fraction of sp³-hybridized carbons (Fsp3) is 0.625. The van der Waals surface area contributed by atoms with E-state index in [0.29, 0.717) is 11.5 Å². The van der Waals surface area contributed by atoms with Gasteiger partial charge in [0, 0.05) is 22.3 Å². The zero-order valence-electron chi connectivity index (χ0n) is 19.3. The minimum Gasteiger partial charge on any atom is -0.369 e. The Morgan fingerprint density at radius 1 is 0.871 bits per heavy atom. The second-order valence-corrected chi connectivity index (χ2v) is 10.5. The molecular weight excluding hydrogens is 388 g/mol. The molecule has 1 spiro atoms. The Hall–Kier alpha value is -2.57. The van der Waals surface area contributed by atoms with Crippen LogP contribution >= 0.6 is 0 Å². The molecular formula is C24H36N6O. The number of likely N-dealkylation sites (tertiary alicyclic amines) is 1. The van der Waals surface area contributed by atoms with Crippen LogP contribution in [0.5, 0.6) is 0 Å². The first-order valence-electron chi connectivity index (χ1n) is 11.5. The minimum absolute atomic E-state index is 0.0798. The average molecular weight is 425 g/mol. The topological polar surface area (TPSA) is 100 Å². The molecule has 2 heterocycles. The molecule has 0 aromatic heterocycles. The Morgan fingerprint density at radius 2 is 1.45 bits per heavy atom. The SMILES string of the molecule is CC1(C)CCCC(C)(C)N1C(=O)c1ccc(N2C(N)=NC(N)=NC23CCCCC3)cc1. The number of piperidine rings is 1. The fourth-order valence-corrected chi connectivity index (χ4v) is 5.92. The molecule has 3 aliphatic rings. The van der Waals surface area contributed by atoms with E-state index in [9.17, 15) is 4.79 Å². The highest BCUT2D eigenvalue weighted by molar-refractivity contribution is 6.06. The number of aliphatic imine (C=N–C) groups is 2. The second kappa shape index (κ2) is 7.53. The van der Waals surface area contributed by atoms with Crippen molar-refractivity contribution in [1.82, 2.24) is 4.90 Å². The minimum atomic E-state index is -0.476. The number of hydrogen-bond acceptors (Lipinski definition) is 6. The van der Waals surface area contributed by atoms with Gasteiger partial charge in [-0.25, -0.2) is 4.99 Å². The number of anilines is 1. The molecule has 31 heavy (non-hydrogen) atoms. The predicted molar refractivity (Wildman–Crippen MR) is 126 cm³/mol. The molecule has 0 radical (unpaired) electrons. The van der Waals surface area contributed by atoms with E-state index in [0.717, 1.165) is 50.6 Å². The molecule has 1 amide bonds. The van der Waals surface area contributed by atoms with E-state index in [2.05, 4.69) is 37.6 Å². The molecule has 1 aromatic rings. The summed E-state index contributed by atoms with van der Waals surface area (Å²) in [5.41, 5.74) is 13.1. The monoisotopic (exact) mass is 424 g/mol. The lowest BCUT2D eigenvalue weighted by Crippen LogP contribution is -2.61. The van der Waals surface area contributed by atoms with Crippen molar-refractivity contribution in [3.05, 3.63) is 29.8 Å². The highest BCUT2D eigenvalue weighted by Crippen LogP contribution is 2.41. The van der Waals surface area contributed by atoms with Crippen LogP contribution in [0.25, 0.3) is 0 Å². The van der Waals surface area contributed by atoms with Gasteiger partial charge in [0.1, 0.15) is 5.66 Å². The first-order chi connectivity index (χ1) is 14.6. The van der Waals surface area contributed by atoms with E-state index in [1.54, 1.807) is 0 Å². The molecule has 0 unspecified atom stereocenters. The van der Waals surface area contributed by atoms with Crippen molar-refractivity contribution < 1.29 is 4.79 Å². The summed E-state index contributed by atoms with van der Waals surface area (Å²) < 4.78 is 0. The third-order valence-corrected chi connectivity index (χ3v) is 7.21. The maximum atomic E-state index is 13.5. The Kier molecular flexibility index (Phi) is 5.26. The van der Waals surface area contributed by atoms with Gasteiger partial charge in [-0.1, -0.05) is 6.42 Å². The van der Waals surface area contributed by atoms with Gasteiger partial charge in [-0.05, 0) is 96.9 Å². The molecule has 7 nitrogen and oxygen atoms in total. The van der Waals surface area contributed by atoms with Gasteiger partial charge < -0.3 is 16.4 Å². The zero-order valence-corrected chi connectivity index (χ0v) is 19.3. The number of rotatable bonds is 2. The van der Waals surface area contributed by atoms with E-state index in [1.807, 2.05) is 29.2 Å². The number of carbonyl (C=O) groups excluding carboxylic acids is 1. The van der Waals surface area contributed by atoms with Crippen LogP contribution in [-0.4, -0.2) is 39.5 Å². The summed E-state index contributed by atoms with van der Waals surface area (Å²) in [4.78, 5) is 26.6. The maximum absolute atomic E-state index is 13.5. The smallest absolute Gasteiger partial charge is 0.254 e. The number of amides is 1. The summed E-state index contributed by atoms with van der Waals surface area (Å²) >= 11 is 0. The number of nitrogens with zero attached hydrogens (tertiary/aromatic N) is 4. The van der Waals surface area contributed by atoms with Gasteiger partial charge in [0.2, 0.25) is 11.9 Å². The maximum Gasteiger partial charge on any atom is 0.254 e. The van der Waals surface area contributed by atoms with Crippen LogP contribution in [0.2, 0.25) is 0 Å². The summed E-state index contributed by atoms with van der Waals surface area (Å²) in [7, 11) is 0. The second-order valence-electron chi connectivity index (χ2n) is 10.5. The van der Waals surface area contributed by atoms with Crippen molar-refractivity contribution in [1.29, 1.82) is 0 Å². The first-order valence-corrected chi connectivity index (χ1v) is 11.5. The molecule has 1 saturated carbocycles. The molecule has 4 N–H and O–H groups in total. The standard InChI is InChI=1S/C24H36N6O/c1-22(2)13-8-14-23(3,4)30(22)19(31)17-9-11-18(12-10-17)29-21(26)27-20(25)28-24(29)15-6-5-7-16-24/h9-12H,5-8,13-16H2,1-4H3,(H4,25,26,27,28). The lowest BCUT2D eigenvalue weighted by Gasteiger charge is -2.53. The van der Waals surface area contributed by atoms with Gasteiger partial charge in [-0.3, -0.25) is 9.69 Å². The van der Waals surface area contributed by atoms with E-state index in [1.165, 1.54) is 6.42 Å². The van der Waals surface area contributed by atoms with E-state index in [-0.39, 0.29) is 22.9 Å². The highest BCUT2D eigenvalue weighted by Gasteiger charge is 2.45. The van der Waals surface area contributed by atoms with Gasteiger partial charge in [-0.2, -0.15) is 4.99 Å². The molecule has 168 valence electrons. The number of hydrogen-bond donors (Lipinski definition) is 2. The molecule has 7 heteroatoms. The van der Waals surface area contributed by atoms with E-state index >= 15 is 0 Å². The van der Waals surface area contributed by atoms with Crippen LogP contribution in [-0.2, 0) is 0 Å². The Morgan fingerprint density at radius 3 is 2.03 bits per heavy atom. The Bertz CT molecular complexity index is 893. The van der Waals surface area contributed by atoms with Gasteiger partial charge in [-0.15, -0.1) is 0 Å². The molecule has 0 bridgehead atoms. The third-order valence-electron chi connectivity index (χ3n) is 7.21. The van der Waals surface area contributed by atoms with Crippen molar-refractivity contribution in [2.75, 3.05) is 4.90 Å². The summed E-state index contributed by atoms with van der Waals surface area (Å²) in [6.45, 7) is 8.67. The van der Waals surface area contributed by atoms with E-state index in [4.69, 9.17) is 16.5 Å². The number of benzene rings is 1. The van der Waals surface area contributed by atoms with Crippen LogP contribution in [0.15, 0.2) is 34.3 Å². The largest absolute Gasteiger partial charge is 0.369 e. The summed E-state index contributed by atoms with van der Waals surface area (Å²) in [6, 6.07) is 7.74. The predicted octanol–water partition coefficient (Wildman–Crippen LogP) is 3.98. The van der Waals surface area contributed by atoms with Crippen LogP contribution < -0.4 is 16.4 Å². The lowest BCUT2D eigenvalue weighted by molar-refractivity contribution is -0.0111.